The number of fused-ring (bicyclic) bond motifs is 3. The molecule has 9 heteroatoms. The van der Waals surface area contributed by atoms with E-state index in [0.29, 0.717) is 36.3 Å². The van der Waals surface area contributed by atoms with Crippen molar-refractivity contribution in [3.05, 3.63) is 58.6 Å². The molecule has 0 aliphatic rings. The van der Waals surface area contributed by atoms with Gasteiger partial charge in [-0.05, 0) is 43.2 Å². The molecule has 0 spiro atoms. The molecule has 0 atom stereocenters. The van der Waals surface area contributed by atoms with Crippen LogP contribution in [0.5, 0.6) is 0 Å². The molecule has 172 valence electrons. The van der Waals surface area contributed by atoms with Gasteiger partial charge in [0.15, 0.2) is 5.65 Å². The number of hydrogen-bond acceptors (Lipinski definition) is 6. The fraction of sp³-hybridized carbons (Fsp3) is 0.333. The Morgan fingerprint density at radius 2 is 2.09 bits per heavy atom. The van der Waals surface area contributed by atoms with Gasteiger partial charge >= 0.3 is 0 Å². The number of hydrogen-bond donors (Lipinski definition) is 1. The van der Waals surface area contributed by atoms with E-state index in [1.54, 1.807) is 7.11 Å². The number of amides is 1. The lowest BCUT2D eigenvalue weighted by atomic mass is 10.1. The van der Waals surface area contributed by atoms with Gasteiger partial charge in [0.05, 0.1) is 12.1 Å². The number of methoxy groups -OCH3 is 1. The number of ether oxygens (including phenoxy) is 1. The molecule has 0 saturated heterocycles. The third kappa shape index (κ3) is 5.82. The molecule has 0 aliphatic heterocycles. The van der Waals surface area contributed by atoms with Crippen LogP contribution in [-0.2, 0) is 16.1 Å². The lowest BCUT2D eigenvalue weighted by molar-refractivity contribution is -0.121. The smallest absolute Gasteiger partial charge is 0.220 e. The van der Waals surface area contributed by atoms with Gasteiger partial charge in [0, 0.05) is 42.8 Å². The van der Waals surface area contributed by atoms with Crippen LogP contribution in [0, 0.1) is 6.92 Å². The number of aryl methyl sites for hydroxylation is 1. The third-order valence-electron chi connectivity index (χ3n) is 5.24. The standard InChI is InChI=1S/C24H26ClN5O2S/c1-16-8-9-20-19(13-16)22-23(30(20)15-17-5-3-6-18(25)14-17)27-24(29-28-22)33-12-4-7-21(31)26-10-11-32-2/h3,5-6,8-9,13-14H,4,7,10-12,15H2,1-2H3,(H,26,31). The monoisotopic (exact) mass is 483 g/mol. The molecule has 0 radical (unpaired) electrons. The van der Waals surface area contributed by atoms with Gasteiger partial charge in [-0.25, -0.2) is 4.98 Å². The summed E-state index contributed by atoms with van der Waals surface area (Å²) in [6.07, 6.45) is 1.19. The molecule has 0 aliphatic carbocycles. The number of nitrogens with one attached hydrogen (secondary N) is 1. The summed E-state index contributed by atoms with van der Waals surface area (Å²) in [4.78, 5) is 16.7. The molecular weight excluding hydrogens is 458 g/mol. The SMILES string of the molecule is COCCNC(=O)CCCSc1nnc2c3cc(C)ccc3n(Cc3cccc(Cl)c3)c2n1. The second-order valence-electron chi connectivity index (χ2n) is 7.80. The minimum absolute atomic E-state index is 0.0270. The van der Waals surface area contributed by atoms with E-state index < -0.39 is 0 Å². The number of aromatic nitrogens is 4. The van der Waals surface area contributed by atoms with Crippen molar-refractivity contribution < 1.29 is 9.53 Å². The summed E-state index contributed by atoms with van der Waals surface area (Å²) in [5.41, 5.74) is 4.90. The van der Waals surface area contributed by atoms with Gasteiger partial charge in [-0.15, -0.1) is 10.2 Å². The predicted molar refractivity (Wildman–Crippen MR) is 133 cm³/mol. The van der Waals surface area contributed by atoms with Gasteiger partial charge in [0.1, 0.15) is 5.52 Å². The molecule has 2 aromatic heterocycles. The Morgan fingerprint density at radius 3 is 2.91 bits per heavy atom. The molecule has 2 aromatic carbocycles. The number of carbonyl (C=O) groups is 1. The van der Waals surface area contributed by atoms with E-state index in [2.05, 4.69) is 51.3 Å². The van der Waals surface area contributed by atoms with Crippen LogP contribution in [0.1, 0.15) is 24.0 Å². The van der Waals surface area contributed by atoms with Crippen molar-refractivity contribution in [2.75, 3.05) is 26.0 Å². The topological polar surface area (TPSA) is 81.9 Å². The van der Waals surface area contributed by atoms with E-state index in [-0.39, 0.29) is 5.91 Å². The average Bonchev–Trinajstić information content (AvgIpc) is 3.09. The molecule has 2 heterocycles. The Morgan fingerprint density at radius 1 is 1.21 bits per heavy atom. The lowest BCUT2D eigenvalue weighted by Gasteiger charge is -2.08. The van der Waals surface area contributed by atoms with Crippen LogP contribution in [0.2, 0.25) is 5.02 Å². The fourth-order valence-corrected chi connectivity index (χ4v) is 4.60. The van der Waals surface area contributed by atoms with E-state index in [0.717, 1.165) is 45.4 Å². The van der Waals surface area contributed by atoms with E-state index in [9.17, 15) is 4.79 Å². The van der Waals surface area contributed by atoms with E-state index in [4.69, 9.17) is 21.3 Å². The fourth-order valence-electron chi connectivity index (χ4n) is 3.67. The largest absolute Gasteiger partial charge is 0.383 e. The van der Waals surface area contributed by atoms with Gasteiger partial charge in [-0.3, -0.25) is 4.79 Å². The molecule has 1 amide bonds. The number of rotatable bonds is 10. The zero-order valence-electron chi connectivity index (χ0n) is 18.7. The first-order valence-electron chi connectivity index (χ1n) is 10.8. The summed E-state index contributed by atoms with van der Waals surface area (Å²) in [5, 5.41) is 14.1. The van der Waals surface area contributed by atoms with Gasteiger partial charge < -0.3 is 14.6 Å². The Hall–Kier alpha value is -2.68. The normalized spacial score (nSPS) is 11.4. The first kappa shape index (κ1) is 23.5. The minimum Gasteiger partial charge on any atom is -0.383 e. The molecule has 0 unspecified atom stereocenters. The van der Waals surface area contributed by atoms with Crippen molar-refractivity contribution in [3.8, 4) is 0 Å². The summed E-state index contributed by atoms with van der Waals surface area (Å²) >= 11 is 7.72. The summed E-state index contributed by atoms with van der Waals surface area (Å²) in [7, 11) is 1.61. The summed E-state index contributed by atoms with van der Waals surface area (Å²) in [5.74, 6) is 0.762. The van der Waals surface area contributed by atoms with Gasteiger partial charge in [0.25, 0.3) is 0 Å². The van der Waals surface area contributed by atoms with Crippen LogP contribution in [0.15, 0.2) is 47.6 Å². The van der Waals surface area contributed by atoms with Gasteiger partial charge in [0.2, 0.25) is 11.1 Å². The predicted octanol–water partition coefficient (Wildman–Crippen LogP) is 4.62. The first-order chi connectivity index (χ1) is 16.0. The van der Waals surface area contributed by atoms with Gasteiger partial charge in [-0.1, -0.05) is 47.1 Å². The van der Waals surface area contributed by atoms with Crippen molar-refractivity contribution in [3.63, 3.8) is 0 Å². The van der Waals surface area contributed by atoms with Crippen LogP contribution >= 0.6 is 23.4 Å². The Kier molecular flexibility index (Phi) is 7.80. The zero-order valence-corrected chi connectivity index (χ0v) is 20.2. The molecule has 0 saturated carbocycles. The van der Waals surface area contributed by atoms with E-state index in [1.807, 2.05) is 18.2 Å². The van der Waals surface area contributed by atoms with E-state index in [1.165, 1.54) is 11.8 Å². The Balaban J connectivity index is 1.54. The van der Waals surface area contributed by atoms with Crippen LogP contribution in [-0.4, -0.2) is 51.7 Å². The van der Waals surface area contributed by atoms with Gasteiger partial charge in [-0.2, -0.15) is 0 Å². The summed E-state index contributed by atoms with van der Waals surface area (Å²) in [6.45, 7) is 3.75. The molecule has 33 heavy (non-hydrogen) atoms. The molecular formula is C24H26ClN5O2S. The molecule has 4 rings (SSSR count). The molecule has 1 N–H and O–H groups in total. The maximum atomic E-state index is 11.8. The molecule has 0 fully saturated rings. The second kappa shape index (κ2) is 11.0. The highest BCUT2D eigenvalue weighted by Gasteiger charge is 2.16. The Labute approximate surface area is 201 Å². The highest BCUT2D eigenvalue weighted by molar-refractivity contribution is 7.99. The summed E-state index contributed by atoms with van der Waals surface area (Å²) in [6, 6.07) is 14.2. The lowest BCUT2D eigenvalue weighted by Crippen LogP contribution is -2.26. The van der Waals surface area contributed by atoms with Crippen molar-refractivity contribution in [2.45, 2.75) is 31.5 Å². The van der Waals surface area contributed by atoms with Crippen molar-refractivity contribution in [1.29, 1.82) is 0 Å². The second-order valence-corrected chi connectivity index (χ2v) is 9.30. The number of carbonyl (C=O) groups excluding carboxylic acids is 1. The van der Waals surface area contributed by atoms with Crippen LogP contribution in [0.25, 0.3) is 22.1 Å². The molecule has 7 nitrogen and oxygen atoms in total. The summed E-state index contributed by atoms with van der Waals surface area (Å²) < 4.78 is 7.11. The first-order valence-corrected chi connectivity index (χ1v) is 12.2. The van der Waals surface area contributed by atoms with Crippen molar-refractivity contribution in [1.82, 2.24) is 25.1 Å². The number of nitrogens with zero attached hydrogens (tertiary/aromatic N) is 4. The zero-order chi connectivity index (χ0) is 23.2. The van der Waals surface area contributed by atoms with E-state index >= 15 is 0 Å². The maximum absolute atomic E-state index is 11.8. The minimum atomic E-state index is 0.0270. The average molecular weight is 484 g/mol. The Bertz CT molecular complexity index is 1280. The molecule has 0 bridgehead atoms. The third-order valence-corrected chi connectivity index (χ3v) is 6.40. The quantitative estimate of drug-likeness (QED) is 0.262. The van der Waals surface area contributed by atoms with Crippen molar-refractivity contribution in [2.24, 2.45) is 0 Å². The number of halogens is 1. The van der Waals surface area contributed by atoms with Crippen LogP contribution < -0.4 is 5.32 Å². The number of benzene rings is 2. The van der Waals surface area contributed by atoms with Crippen LogP contribution in [0.3, 0.4) is 0 Å². The van der Waals surface area contributed by atoms with Crippen molar-refractivity contribution >= 4 is 51.3 Å². The van der Waals surface area contributed by atoms with Crippen LogP contribution in [0.4, 0.5) is 0 Å². The maximum Gasteiger partial charge on any atom is 0.220 e. The number of thioether (sulfide) groups is 1. The highest BCUT2D eigenvalue weighted by Crippen LogP contribution is 2.29. The highest BCUT2D eigenvalue weighted by atomic mass is 35.5. The molecule has 4 aromatic rings.